The van der Waals surface area contributed by atoms with Gasteiger partial charge in [0.05, 0.1) is 0 Å². The minimum Gasteiger partial charge on any atom is -0.309 e. The Balaban J connectivity index is 0.00000205. The maximum Gasteiger partial charge on any atom is 0.180 e. The van der Waals surface area contributed by atoms with Crippen LogP contribution in [0.4, 0.5) is 0 Å². The van der Waals surface area contributed by atoms with E-state index in [1.165, 1.54) is 27.8 Å². The van der Waals surface area contributed by atoms with Crippen LogP contribution in [-0.2, 0) is 19.4 Å². The zero-order valence-corrected chi connectivity index (χ0v) is 16.8. The summed E-state index contributed by atoms with van der Waals surface area (Å²) in [5.41, 5.74) is 7.68. The highest BCUT2D eigenvalue weighted by atomic mass is 35.5. The Morgan fingerprint density at radius 1 is 0.828 bits per heavy atom. The van der Waals surface area contributed by atoms with Crippen molar-refractivity contribution in [2.45, 2.75) is 25.4 Å². The van der Waals surface area contributed by atoms with Crippen LogP contribution in [0.5, 0.6) is 0 Å². The molecule has 0 bridgehead atoms. The average Bonchev–Trinajstić information content (AvgIpc) is 3.42. The second-order valence-electron chi connectivity index (χ2n) is 7.36. The summed E-state index contributed by atoms with van der Waals surface area (Å²) >= 11 is 0. The van der Waals surface area contributed by atoms with Gasteiger partial charge >= 0.3 is 0 Å². The first-order chi connectivity index (χ1) is 13.8. The number of H-pyrrole nitrogens is 1. The van der Waals surface area contributed by atoms with Gasteiger partial charge in [0.25, 0.3) is 0 Å². The lowest BCUT2D eigenvalue weighted by Gasteiger charge is -2.12. The molecule has 29 heavy (non-hydrogen) atoms. The number of nitrogens with one attached hydrogen (secondary N) is 2. The van der Waals surface area contributed by atoms with Crippen molar-refractivity contribution in [2.24, 2.45) is 0 Å². The summed E-state index contributed by atoms with van der Waals surface area (Å²) in [5.74, 6) is 0.722. The van der Waals surface area contributed by atoms with Crippen molar-refractivity contribution in [3.05, 3.63) is 95.8 Å². The molecule has 5 heteroatoms. The summed E-state index contributed by atoms with van der Waals surface area (Å²) in [6.45, 7) is 0.899. The third kappa shape index (κ3) is 4.24. The molecule has 1 aliphatic rings. The van der Waals surface area contributed by atoms with E-state index in [0.29, 0.717) is 6.04 Å². The first-order valence-electron chi connectivity index (χ1n) is 9.71. The SMILES string of the molecule is Cl.c1cc(-c2ccc(CNC3Cc4ccccc4C3)cc2)cc(-c2nc[nH]n2)c1. The molecule has 0 radical (unpaired) electrons. The number of hydrogen-bond donors (Lipinski definition) is 2. The molecular weight excluding hydrogens is 380 g/mol. The molecule has 2 N–H and O–H groups in total. The van der Waals surface area contributed by atoms with E-state index in [-0.39, 0.29) is 12.4 Å². The Hall–Kier alpha value is -2.95. The molecular formula is C24H23ClN4. The fourth-order valence-corrected chi connectivity index (χ4v) is 3.97. The van der Waals surface area contributed by atoms with Crippen LogP contribution in [0.15, 0.2) is 79.1 Å². The Kier molecular flexibility index (Phi) is 5.74. The zero-order chi connectivity index (χ0) is 18.8. The van der Waals surface area contributed by atoms with Crippen LogP contribution in [0.1, 0.15) is 16.7 Å². The van der Waals surface area contributed by atoms with Crippen molar-refractivity contribution in [1.82, 2.24) is 20.5 Å². The molecule has 0 aliphatic heterocycles. The van der Waals surface area contributed by atoms with Gasteiger partial charge in [-0.1, -0.05) is 66.7 Å². The Morgan fingerprint density at radius 2 is 1.55 bits per heavy atom. The molecule has 0 spiro atoms. The van der Waals surface area contributed by atoms with Crippen LogP contribution >= 0.6 is 12.4 Å². The molecule has 0 saturated carbocycles. The molecule has 3 aromatic carbocycles. The van der Waals surface area contributed by atoms with Gasteiger partial charge in [-0.2, -0.15) is 5.10 Å². The van der Waals surface area contributed by atoms with Crippen molar-refractivity contribution >= 4 is 12.4 Å². The first kappa shape index (κ1) is 19.4. The van der Waals surface area contributed by atoms with Crippen molar-refractivity contribution in [2.75, 3.05) is 0 Å². The predicted octanol–water partition coefficient (Wildman–Crippen LogP) is 4.82. The van der Waals surface area contributed by atoms with E-state index in [4.69, 9.17) is 0 Å². The molecule has 1 heterocycles. The third-order valence-corrected chi connectivity index (χ3v) is 5.47. The highest BCUT2D eigenvalue weighted by molar-refractivity contribution is 5.85. The number of hydrogen-bond acceptors (Lipinski definition) is 3. The van der Waals surface area contributed by atoms with Crippen LogP contribution in [0.2, 0.25) is 0 Å². The van der Waals surface area contributed by atoms with Crippen LogP contribution in [0.25, 0.3) is 22.5 Å². The van der Waals surface area contributed by atoms with Gasteiger partial charge in [0, 0.05) is 18.2 Å². The van der Waals surface area contributed by atoms with Gasteiger partial charge in [-0.05, 0) is 46.7 Å². The molecule has 0 unspecified atom stereocenters. The van der Waals surface area contributed by atoms with Gasteiger partial charge in [-0.3, -0.25) is 5.10 Å². The lowest BCUT2D eigenvalue weighted by molar-refractivity contribution is 0.533. The van der Waals surface area contributed by atoms with Crippen molar-refractivity contribution < 1.29 is 0 Å². The molecule has 0 fully saturated rings. The average molecular weight is 403 g/mol. The summed E-state index contributed by atoms with van der Waals surface area (Å²) < 4.78 is 0. The summed E-state index contributed by atoms with van der Waals surface area (Å²) in [5, 5.41) is 10.6. The lowest BCUT2D eigenvalue weighted by Crippen LogP contribution is -2.28. The quantitative estimate of drug-likeness (QED) is 0.503. The van der Waals surface area contributed by atoms with E-state index in [0.717, 1.165) is 30.8 Å². The van der Waals surface area contributed by atoms with E-state index in [1.807, 2.05) is 12.1 Å². The van der Waals surface area contributed by atoms with Gasteiger partial charge in [0.1, 0.15) is 6.33 Å². The maximum atomic E-state index is 4.24. The monoisotopic (exact) mass is 402 g/mol. The van der Waals surface area contributed by atoms with Crippen LogP contribution in [0.3, 0.4) is 0 Å². The third-order valence-electron chi connectivity index (χ3n) is 5.47. The van der Waals surface area contributed by atoms with Crippen LogP contribution < -0.4 is 5.32 Å². The second kappa shape index (κ2) is 8.60. The summed E-state index contributed by atoms with van der Waals surface area (Å²) in [7, 11) is 0. The predicted molar refractivity (Wildman–Crippen MR) is 119 cm³/mol. The topological polar surface area (TPSA) is 53.6 Å². The van der Waals surface area contributed by atoms with E-state index in [2.05, 4.69) is 81.2 Å². The number of aromatic amines is 1. The number of nitrogens with zero attached hydrogens (tertiary/aromatic N) is 2. The largest absolute Gasteiger partial charge is 0.309 e. The Morgan fingerprint density at radius 3 is 2.24 bits per heavy atom. The minimum absolute atomic E-state index is 0. The van der Waals surface area contributed by atoms with Crippen molar-refractivity contribution in [3.63, 3.8) is 0 Å². The fraction of sp³-hybridized carbons (Fsp3) is 0.167. The van der Waals surface area contributed by atoms with E-state index >= 15 is 0 Å². The molecule has 146 valence electrons. The van der Waals surface area contributed by atoms with Gasteiger partial charge in [-0.25, -0.2) is 4.98 Å². The van der Waals surface area contributed by atoms with E-state index in [9.17, 15) is 0 Å². The fourth-order valence-electron chi connectivity index (χ4n) is 3.97. The normalized spacial score (nSPS) is 13.1. The van der Waals surface area contributed by atoms with E-state index < -0.39 is 0 Å². The first-order valence-corrected chi connectivity index (χ1v) is 9.71. The number of benzene rings is 3. The van der Waals surface area contributed by atoms with Crippen LogP contribution in [0, 0.1) is 0 Å². The van der Waals surface area contributed by atoms with Crippen molar-refractivity contribution in [1.29, 1.82) is 0 Å². The molecule has 4 aromatic rings. The number of rotatable bonds is 5. The molecule has 4 nitrogen and oxygen atoms in total. The van der Waals surface area contributed by atoms with Gasteiger partial charge in [0.15, 0.2) is 5.82 Å². The Bertz CT molecular complexity index is 1050. The molecule has 1 aromatic heterocycles. The van der Waals surface area contributed by atoms with E-state index in [1.54, 1.807) is 6.33 Å². The zero-order valence-electron chi connectivity index (χ0n) is 16.0. The van der Waals surface area contributed by atoms with Crippen LogP contribution in [-0.4, -0.2) is 21.2 Å². The minimum atomic E-state index is 0. The van der Waals surface area contributed by atoms with Gasteiger partial charge in [-0.15, -0.1) is 12.4 Å². The molecule has 1 aliphatic carbocycles. The maximum absolute atomic E-state index is 4.24. The highest BCUT2D eigenvalue weighted by Gasteiger charge is 2.20. The van der Waals surface area contributed by atoms with Gasteiger partial charge < -0.3 is 5.32 Å². The summed E-state index contributed by atoms with van der Waals surface area (Å²) in [4.78, 5) is 4.24. The van der Waals surface area contributed by atoms with Crippen molar-refractivity contribution in [3.8, 4) is 22.5 Å². The molecule has 0 amide bonds. The Labute approximate surface area is 176 Å². The second-order valence-corrected chi connectivity index (χ2v) is 7.36. The molecule has 0 saturated heterocycles. The molecule has 0 atom stereocenters. The van der Waals surface area contributed by atoms with Gasteiger partial charge in [0.2, 0.25) is 0 Å². The molecule has 5 rings (SSSR count). The summed E-state index contributed by atoms with van der Waals surface area (Å²) in [6.07, 6.45) is 3.86. The smallest absolute Gasteiger partial charge is 0.180 e. The number of halogens is 1. The highest BCUT2D eigenvalue weighted by Crippen LogP contribution is 2.25. The lowest BCUT2D eigenvalue weighted by atomic mass is 10.0. The standard InChI is InChI=1S/C24H22N4.ClH/c1-2-5-21-14-23(13-20(21)4-1)25-15-17-8-10-18(11-9-17)19-6-3-7-22(12-19)24-26-16-27-28-24;/h1-12,16,23,25H,13-15H2,(H,26,27,28);1H. The summed E-state index contributed by atoms with van der Waals surface area (Å²) in [6, 6.07) is 26.5. The number of fused-ring (bicyclic) bond motifs is 1. The number of aromatic nitrogens is 3.